The Balaban J connectivity index is 1.68. The molecule has 0 aliphatic carbocycles. The lowest BCUT2D eigenvalue weighted by atomic mass is 9.99. The zero-order chi connectivity index (χ0) is 17.6. The van der Waals surface area contributed by atoms with E-state index in [0.29, 0.717) is 0 Å². The van der Waals surface area contributed by atoms with Crippen molar-refractivity contribution in [2.24, 2.45) is 0 Å². The summed E-state index contributed by atoms with van der Waals surface area (Å²) in [4.78, 5) is 32.6. The van der Waals surface area contributed by atoms with Crippen LogP contribution >= 0.6 is 0 Å². The molecule has 0 spiro atoms. The maximum absolute atomic E-state index is 12.4. The maximum Gasteiger partial charge on any atom is 0.242 e. The van der Waals surface area contributed by atoms with Gasteiger partial charge in [-0.25, -0.2) is 0 Å². The van der Waals surface area contributed by atoms with Crippen molar-refractivity contribution in [1.29, 1.82) is 0 Å². The molecule has 1 fully saturated rings. The molecular formula is C20H21N3O2. The molecule has 0 saturated carbocycles. The highest BCUT2D eigenvalue weighted by Crippen LogP contribution is 2.33. The van der Waals surface area contributed by atoms with E-state index in [2.05, 4.69) is 37.0 Å². The molecule has 2 aliphatic heterocycles. The fraction of sp³-hybridized carbons (Fsp3) is 0.350. The Bertz CT molecular complexity index is 871. The van der Waals surface area contributed by atoms with Crippen LogP contribution in [0, 0.1) is 13.8 Å². The van der Waals surface area contributed by atoms with Gasteiger partial charge in [0, 0.05) is 24.8 Å². The second kappa shape index (κ2) is 5.99. The van der Waals surface area contributed by atoms with E-state index in [1.54, 1.807) is 9.80 Å². The number of likely N-dealkylation sites (tertiary alicyclic amines) is 1. The molecule has 4 rings (SSSR count). The first-order valence-corrected chi connectivity index (χ1v) is 8.67. The summed E-state index contributed by atoms with van der Waals surface area (Å²) in [5.74, 6) is -0.0286. The molecule has 0 N–H and O–H groups in total. The van der Waals surface area contributed by atoms with Crippen LogP contribution in [0.15, 0.2) is 30.5 Å². The van der Waals surface area contributed by atoms with Gasteiger partial charge in [-0.2, -0.15) is 0 Å². The second-order valence-electron chi connectivity index (χ2n) is 6.90. The standard InChI is InChI=1S/C20H21N3O2/c1-13-4-5-14(2)16(8-13)15-9-18-17(21-11-15)10-19(24)23(18)12-20(25)22-6-3-7-22/h4-5,8-9,11H,3,6-7,10,12H2,1-2H3. The fourth-order valence-corrected chi connectivity index (χ4v) is 3.39. The van der Waals surface area contributed by atoms with Crippen molar-refractivity contribution in [1.82, 2.24) is 9.88 Å². The number of carbonyl (C=O) groups excluding carboxylic acids is 2. The average molecular weight is 335 g/mol. The van der Waals surface area contributed by atoms with Gasteiger partial charge >= 0.3 is 0 Å². The van der Waals surface area contributed by atoms with E-state index in [0.717, 1.165) is 42.0 Å². The number of pyridine rings is 1. The molecule has 2 aromatic rings. The number of carbonyl (C=O) groups is 2. The molecule has 128 valence electrons. The van der Waals surface area contributed by atoms with Gasteiger partial charge in [-0.15, -0.1) is 0 Å². The van der Waals surface area contributed by atoms with E-state index in [1.165, 1.54) is 11.1 Å². The predicted molar refractivity (Wildman–Crippen MR) is 96.4 cm³/mol. The normalized spacial score (nSPS) is 16.0. The van der Waals surface area contributed by atoms with Crippen LogP contribution in [-0.4, -0.2) is 41.3 Å². The van der Waals surface area contributed by atoms with Gasteiger partial charge < -0.3 is 9.80 Å². The summed E-state index contributed by atoms with van der Waals surface area (Å²) < 4.78 is 0. The van der Waals surface area contributed by atoms with Crippen LogP contribution in [0.3, 0.4) is 0 Å². The summed E-state index contributed by atoms with van der Waals surface area (Å²) in [7, 11) is 0. The minimum absolute atomic E-state index is 0.0181. The Kier molecular flexibility index (Phi) is 3.79. The molecule has 1 saturated heterocycles. The van der Waals surface area contributed by atoms with Crippen LogP contribution in [0.1, 0.15) is 23.2 Å². The highest BCUT2D eigenvalue weighted by atomic mass is 16.2. The van der Waals surface area contributed by atoms with Crippen LogP contribution in [0.25, 0.3) is 11.1 Å². The Morgan fingerprint density at radius 2 is 2.00 bits per heavy atom. The summed E-state index contributed by atoms with van der Waals surface area (Å²) >= 11 is 0. The average Bonchev–Trinajstić information content (AvgIpc) is 2.83. The van der Waals surface area contributed by atoms with E-state index in [1.807, 2.05) is 12.3 Å². The van der Waals surface area contributed by atoms with Gasteiger partial charge in [0.25, 0.3) is 0 Å². The summed E-state index contributed by atoms with van der Waals surface area (Å²) in [6.07, 6.45) is 3.15. The minimum atomic E-state index is -0.0468. The van der Waals surface area contributed by atoms with E-state index in [9.17, 15) is 9.59 Å². The summed E-state index contributed by atoms with van der Waals surface area (Å²) in [6.45, 7) is 5.84. The van der Waals surface area contributed by atoms with Crippen LogP contribution in [0.4, 0.5) is 5.69 Å². The Labute approximate surface area is 147 Å². The van der Waals surface area contributed by atoms with Crippen molar-refractivity contribution in [3.8, 4) is 11.1 Å². The molecule has 5 heteroatoms. The van der Waals surface area contributed by atoms with Gasteiger partial charge in [-0.1, -0.05) is 23.8 Å². The smallest absolute Gasteiger partial charge is 0.242 e. The second-order valence-corrected chi connectivity index (χ2v) is 6.90. The molecule has 1 aromatic carbocycles. The first kappa shape index (κ1) is 15.8. The van der Waals surface area contributed by atoms with Crippen molar-refractivity contribution in [3.05, 3.63) is 47.3 Å². The largest absolute Gasteiger partial charge is 0.341 e. The number of aromatic nitrogens is 1. The van der Waals surface area contributed by atoms with Crippen LogP contribution in [0.2, 0.25) is 0 Å². The third-order valence-electron chi connectivity index (χ3n) is 5.06. The highest BCUT2D eigenvalue weighted by molar-refractivity contribution is 6.05. The molecule has 25 heavy (non-hydrogen) atoms. The lowest BCUT2D eigenvalue weighted by Crippen LogP contribution is -2.47. The van der Waals surface area contributed by atoms with Gasteiger partial charge in [0.1, 0.15) is 6.54 Å². The predicted octanol–water partition coefficient (Wildman–Crippen LogP) is 2.49. The molecule has 5 nitrogen and oxygen atoms in total. The summed E-state index contributed by atoms with van der Waals surface area (Å²) in [5, 5.41) is 0. The van der Waals surface area contributed by atoms with Crippen LogP contribution in [-0.2, 0) is 16.0 Å². The zero-order valence-corrected chi connectivity index (χ0v) is 14.6. The monoisotopic (exact) mass is 335 g/mol. The number of amides is 2. The van der Waals surface area contributed by atoms with Gasteiger partial charge in [0.2, 0.25) is 11.8 Å². The quantitative estimate of drug-likeness (QED) is 0.866. The van der Waals surface area contributed by atoms with Crippen molar-refractivity contribution in [2.45, 2.75) is 26.7 Å². The fourth-order valence-electron chi connectivity index (χ4n) is 3.39. The number of benzene rings is 1. The summed E-state index contributed by atoms with van der Waals surface area (Å²) in [6, 6.07) is 8.30. The first-order chi connectivity index (χ1) is 12.0. The molecule has 0 atom stereocenters. The molecular weight excluding hydrogens is 314 g/mol. The van der Waals surface area contributed by atoms with Gasteiger partial charge in [-0.3, -0.25) is 14.6 Å². The van der Waals surface area contributed by atoms with Gasteiger partial charge in [0.05, 0.1) is 17.8 Å². The molecule has 3 heterocycles. The third kappa shape index (κ3) is 2.80. The minimum Gasteiger partial charge on any atom is -0.341 e. The molecule has 0 unspecified atom stereocenters. The summed E-state index contributed by atoms with van der Waals surface area (Å²) in [5.41, 5.74) is 5.98. The van der Waals surface area contributed by atoms with Crippen molar-refractivity contribution in [3.63, 3.8) is 0 Å². The lowest BCUT2D eigenvalue weighted by Gasteiger charge is -2.32. The number of hydrogen-bond donors (Lipinski definition) is 0. The number of fused-ring (bicyclic) bond motifs is 1. The SMILES string of the molecule is Cc1ccc(C)c(-c2cnc3c(c2)N(CC(=O)N2CCC2)C(=O)C3)c1. The molecule has 2 aliphatic rings. The highest BCUT2D eigenvalue weighted by Gasteiger charge is 2.32. The van der Waals surface area contributed by atoms with Crippen LogP contribution in [0.5, 0.6) is 0 Å². The van der Waals surface area contributed by atoms with Crippen molar-refractivity contribution >= 4 is 17.5 Å². The van der Waals surface area contributed by atoms with E-state index >= 15 is 0 Å². The topological polar surface area (TPSA) is 53.5 Å². The molecule has 0 bridgehead atoms. The molecule has 2 amide bonds. The van der Waals surface area contributed by atoms with Crippen LogP contribution < -0.4 is 4.90 Å². The number of nitrogens with zero attached hydrogens (tertiary/aromatic N) is 3. The number of hydrogen-bond acceptors (Lipinski definition) is 3. The maximum atomic E-state index is 12.4. The third-order valence-corrected chi connectivity index (χ3v) is 5.06. The van der Waals surface area contributed by atoms with E-state index < -0.39 is 0 Å². The van der Waals surface area contributed by atoms with Gasteiger partial charge in [0.15, 0.2) is 0 Å². The lowest BCUT2D eigenvalue weighted by molar-refractivity contribution is -0.134. The zero-order valence-electron chi connectivity index (χ0n) is 14.6. The Hall–Kier alpha value is -2.69. The molecule has 1 aromatic heterocycles. The Morgan fingerprint density at radius 3 is 2.72 bits per heavy atom. The molecule has 0 radical (unpaired) electrons. The number of rotatable bonds is 3. The van der Waals surface area contributed by atoms with Crippen molar-refractivity contribution < 1.29 is 9.59 Å². The van der Waals surface area contributed by atoms with E-state index in [4.69, 9.17) is 0 Å². The van der Waals surface area contributed by atoms with E-state index in [-0.39, 0.29) is 24.8 Å². The van der Waals surface area contributed by atoms with Crippen molar-refractivity contribution in [2.75, 3.05) is 24.5 Å². The first-order valence-electron chi connectivity index (χ1n) is 8.67. The number of aryl methyl sites for hydroxylation is 2. The van der Waals surface area contributed by atoms with Gasteiger partial charge in [-0.05, 0) is 37.5 Å². The Morgan fingerprint density at radius 1 is 1.20 bits per heavy atom. The number of anilines is 1.